The van der Waals surface area contributed by atoms with Gasteiger partial charge in [0.25, 0.3) is 0 Å². The third-order valence-electron chi connectivity index (χ3n) is 3.06. The lowest BCUT2D eigenvalue weighted by molar-refractivity contribution is -0.141. The molecule has 1 aromatic carbocycles. The number of carboxylic acid groups (broad SMARTS) is 1. The number of aryl methyl sites for hydroxylation is 1. The topological polar surface area (TPSA) is 71.3 Å². The summed E-state index contributed by atoms with van der Waals surface area (Å²) in [5.74, 6) is -1.76. The van der Waals surface area contributed by atoms with Crippen LogP contribution >= 0.6 is 0 Å². The van der Waals surface area contributed by atoms with Gasteiger partial charge in [-0.25, -0.2) is 4.39 Å². The molecule has 1 amide bonds. The second-order valence-electron chi connectivity index (χ2n) is 4.59. The summed E-state index contributed by atoms with van der Waals surface area (Å²) in [6.07, 6.45) is 1.91. The van der Waals surface area contributed by atoms with Crippen LogP contribution in [0.1, 0.15) is 13.3 Å². The van der Waals surface area contributed by atoms with Gasteiger partial charge in [-0.3, -0.25) is 9.59 Å². The third kappa shape index (κ3) is 3.14. The molecule has 0 fully saturated rings. The smallest absolute Gasteiger partial charge is 0.325 e. The van der Waals surface area contributed by atoms with Gasteiger partial charge in [0, 0.05) is 19.2 Å². The van der Waals surface area contributed by atoms with Crippen LogP contribution in [0.25, 0.3) is 10.9 Å². The van der Waals surface area contributed by atoms with Crippen molar-refractivity contribution in [2.75, 3.05) is 0 Å². The lowest BCUT2D eigenvalue weighted by atomic mass is 10.2. The minimum atomic E-state index is -1.08. The van der Waals surface area contributed by atoms with E-state index in [2.05, 4.69) is 5.32 Å². The average Bonchev–Trinajstić information content (AvgIpc) is 2.78. The van der Waals surface area contributed by atoms with Gasteiger partial charge < -0.3 is 15.0 Å². The van der Waals surface area contributed by atoms with Crippen molar-refractivity contribution in [3.63, 3.8) is 0 Å². The van der Waals surface area contributed by atoms with Crippen LogP contribution < -0.4 is 5.32 Å². The summed E-state index contributed by atoms with van der Waals surface area (Å²) in [5, 5.41) is 12.0. The van der Waals surface area contributed by atoms with E-state index in [9.17, 15) is 14.0 Å². The van der Waals surface area contributed by atoms with E-state index >= 15 is 0 Å². The zero-order chi connectivity index (χ0) is 14.7. The third-order valence-corrected chi connectivity index (χ3v) is 3.06. The highest BCUT2D eigenvalue weighted by molar-refractivity contribution is 5.83. The molecule has 20 heavy (non-hydrogen) atoms. The van der Waals surface area contributed by atoms with Crippen LogP contribution in [0, 0.1) is 5.82 Å². The molecular weight excluding hydrogens is 263 g/mol. The van der Waals surface area contributed by atoms with Crippen LogP contribution in [0.5, 0.6) is 0 Å². The monoisotopic (exact) mass is 278 g/mol. The maximum absolute atomic E-state index is 13.2. The van der Waals surface area contributed by atoms with E-state index < -0.39 is 12.0 Å². The first-order valence-electron chi connectivity index (χ1n) is 6.24. The van der Waals surface area contributed by atoms with Crippen molar-refractivity contribution in [2.45, 2.75) is 25.9 Å². The van der Waals surface area contributed by atoms with Crippen molar-refractivity contribution in [2.24, 2.45) is 0 Å². The van der Waals surface area contributed by atoms with Crippen molar-refractivity contribution >= 4 is 22.8 Å². The molecule has 0 saturated heterocycles. The number of fused-ring (bicyclic) bond motifs is 1. The normalized spacial score (nSPS) is 12.3. The number of hydrogen-bond donors (Lipinski definition) is 2. The van der Waals surface area contributed by atoms with E-state index in [0.717, 1.165) is 5.39 Å². The van der Waals surface area contributed by atoms with E-state index in [1.807, 2.05) is 6.07 Å². The van der Waals surface area contributed by atoms with Gasteiger partial charge in [-0.15, -0.1) is 0 Å². The number of halogens is 1. The number of nitrogens with zero attached hydrogens (tertiary/aromatic N) is 1. The molecular formula is C14H15FN2O3. The van der Waals surface area contributed by atoms with Crippen molar-refractivity contribution in [1.82, 2.24) is 9.88 Å². The first kappa shape index (κ1) is 14.0. The molecule has 6 heteroatoms. The highest BCUT2D eigenvalue weighted by atomic mass is 19.1. The van der Waals surface area contributed by atoms with Crippen LogP contribution in [-0.4, -0.2) is 27.6 Å². The lowest BCUT2D eigenvalue weighted by Crippen LogP contribution is -2.38. The minimum absolute atomic E-state index is 0.137. The lowest BCUT2D eigenvalue weighted by Gasteiger charge is -2.10. The predicted octanol–water partition coefficient (Wildman–Crippen LogP) is 1.76. The molecule has 0 spiro atoms. The van der Waals surface area contributed by atoms with Crippen LogP contribution in [0.3, 0.4) is 0 Å². The maximum Gasteiger partial charge on any atom is 0.325 e. The molecule has 0 aliphatic rings. The maximum atomic E-state index is 13.2. The molecule has 5 nitrogen and oxygen atoms in total. The molecule has 0 radical (unpaired) electrons. The molecule has 0 aliphatic carbocycles. The molecule has 1 heterocycles. The average molecular weight is 278 g/mol. The zero-order valence-corrected chi connectivity index (χ0v) is 11.0. The zero-order valence-electron chi connectivity index (χ0n) is 11.0. The summed E-state index contributed by atoms with van der Waals surface area (Å²) in [6, 6.07) is 5.39. The Bertz CT molecular complexity index is 651. The number of carbonyl (C=O) groups excluding carboxylic acids is 1. The fraction of sp³-hybridized carbons (Fsp3) is 0.286. The van der Waals surface area contributed by atoms with Gasteiger partial charge in [0.15, 0.2) is 0 Å². The van der Waals surface area contributed by atoms with Crippen molar-refractivity contribution in [3.8, 4) is 0 Å². The van der Waals surface area contributed by atoms with Crippen LogP contribution in [0.15, 0.2) is 30.5 Å². The summed E-state index contributed by atoms with van der Waals surface area (Å²) < 4.78 is 15.0. The SMILES string of the molecule is C[C@@H](NC(=O)CCn1ccc2ccc(F)cc21)C(=O)O. The Morgan fingerprint density at radius 2 is 2.15 bits per heavy atom. The van der Waals surface area contributed by atoms with Crippen molar-refractivity contribution in [1.29, 1.82) is 0 Å². The quantitative estimate of drug-likeness (QED) is 0.875. The second kappa shape index (κ2) is 5.73. The number of amides is 1. The van der Waals surface area contributed by atoms with Gasteiger partial charge in [0.2, 0.25) is 5.91 Å². The van der Waals surface area contributed by atoms with Crippen LogP contribution in [0.4, 0.5) is 4.39 Å². The molecule has 2 N–H and O–H groups in total. The number of carbonyl (C=O) groups is 2. The largest absolute Gasteiger partial charge is 0.480 e. The number of aromatic nitrogens is 1. The number of carboxylic acids is 1. The first-order chi connectivity index (χ1) is 9.47. The van der Waals surface area contributed by atoms with Gasteiger partial charge in [-0.05, 0) is 36.6 Å². The Labute approximate surface area is 115 Å². The standard InChI is InChI=1S/C14H15FN2O3/c1-9(14(19)20)16-13(18)5-7-17-6-4-10-2-3-11(15)8-12(10)17/h2-4,6,8-9H,5,7H2,1H3,(H,16,18)(H,19,20)/t9-/m1/s1. The number of benzene rings is 1. The molecule has 0 aliphatic heterocycles. The van der Waals surface area contributed by atoms with Crippen molar-refractivity contribution < 1.29 is 19.1 Å². The van der Waals surface area contributed by atoms with E-state index in [4.69, 9.17) is 5.11 Å². The highest BCUT2D eigenvalue weighted by Gasteiger charge is 2.13. The van der Waals surface area contributed by atoms with Gasteiger partial charge in [0.1, 0.15) is 11.9 Å². The van der Waals surface area contributed by atoms with E-state index in [0.29, 0.717) is 12.1 Å². The van der Waals surface area contributed by atoms with Crippen LogP contribution in [-0.2, 0) is 16.1 Å². The van der Waals surface area contributed by atoms with Crippen molar-refractivity contribution in [3.05, 3.63) is 36.3 Å². The molecule has 0 saturated carbocycles. The summed E-state index contributed by atoms with van der Waals surface area (Å²) in [4.78, 5) is 22.2. The van der Waals surface area contributed by atoms with E-state index in [-0.39, 0.29) is 18.1 Å². The van der Waals surface area contributed by atoms with Gasteiger partial charge in [-0.1, -0.05) is 0 Å². The molecule has 0 unspecified atom stereocenters. The predicted molar refractivity (Wildman–Crippen MR) is 71.8 cm³/mol. The molecule has 1 atom stereocenters. The minimum Gasteiger partial charge on any atom is -0.480 e. The molecule has 106 valence electrons. The Morgan fingerprint density at radius 1 is 1.40 bits per heavy atom. The summed E-state index contributed by atoms with van der Waals surface area (Å²) in [7, 11) is 0. The Morgan fingerprint density at radius 3 is 2.85 bits per heavy atom. The van der Waals surface area contributed by atoms with Crippen LogP contribution in [0.2, 0.25) is 0 Å². The number of hydrogen-bond acceptors (Lipinski definition) is 2. The number of rotatable bonds is 5. The number of nitrogens with one attached hydrogen (secondary N) is 1. The van der Waals surface area contributed by atoms with Gasteiger partial charge in [-0.2, -0.15) is 0 Å². The number of aliphatic carboxylic acids is 1. The first-order valence-corrected chi connectivity index (χ1v) is 6.24. The summed E-state index contributed by atoms with van der Waals surface area (Å²) >= 11 is 0. The Kier molecular flexibility index (Phi) is 4.02. The molecule has 2 aromatic rings. The summed E-state index contributed by atoms with van der Waals surface area (Å²) in [6.45, 7) is 1.77. The Balaban J connectivity index is 2.01. The van der Waals surface area contributed by atoms with Gasteiger partial charge in [0.05, 0.1) is 5.52 Å². The summed E-state index contributed by atoms with van der Waals surface area (Å²) in [5.41, 5.74) is 0.712. The molecule has 0 bridgehead atoms. The Hall–Kier alpha value is -2.37. The second-order valence-corrected chi connectivity index (χ2v) is 4.59. The van der Waals surface area contributed by atoms with Gasteiger partial charge >= 0.3 is 5.97 Å². The molecule has 1 aromatic heterocycles. The van der Waals surface area contributed by atoms with E-state index in [1.165, 1.54) is 19.1 Å². The fourth-order valence-corrected chi connectivity index (χ4v) is 1.95. The molecule has 2 rings (SSSR count). The van der Waals surface area contributed by atoms with E-state index in [1.54, 1.807) is 16.8 Å². The highest BCUT2D eigenvalue weighted by Crippen LogP contribution is 2.17. The fourth-order valence-electron chi connectivity index (χ4n) is 1.95.